The molecule has 0 unspecified atom stereocenters. The van der Waals surface area contributed by atoms with Gasteiger partial charge >= 0.3 is 0 Å². The Kier molecular flexibility index (Phi) is 2.67. The molecule has 0 nitrogen and oxygen atoms in total. The fourth-order valence-electron chi connectivity index (χ4n) is 0.579. The SMILES string of the molecule is Fc1ccc(F)c(SCl)c1F. The van der Waals surface area contributed by atoms with Gasteiger partial charge in [-0.05, 0) is 33.8 Å². The van der Waals surface area contributed by atoms with E-state index < -0.39 is 22.3 Å². The van der Waals surface area contributed by atoms with Crippen LogP contribution < -0.4 is 0 Å². The summed E-state index contributed by atoms with van der Waals surface area (Å²) >= 11 is 0. The molecule has 1 aromatic rings. The number of benzene rings is 1. The minimum atomic E-state index is -1.25. The van der Waals surface area contributed by atoms with Gasteiger partial charge in [0.25, 0.3) is 0 Å². The van der Waals surface area contributed by atoms with Gasteiger partial charge in [0.15, 0.2) is 11.6 Å². The molecule has 0 aliphatic carbocycles. The normalized spacial score (nSPS) is 10.2. The molecule has 5 heteroatoms. The highest BCUT2D eigenvalue weighted by atomic mass is 35.7. The molecule has 0 N–H and O–H groups in total. The maximum absolute atomic E-state index is 12.5. The highest BCUT2D eigenvalue weighted by Crippen LogP contribution is 2.29. The number of hydrogen-bond acceptors (Lipinski definition) is 1. The zero-order valence-corrected chi connectivity index (χ0v) is 6.65. The molecule has 0 atom stereocenters. The zero-order chi connectivity index (χ0) is 8.43. The van der Waals surface area contributed by atoms with Crippen LogP contribution in [0.2, 0.25) is 0 Å². The summed E-state index contributed by atoms with van der Waals surface area (Å²) in [5.74, 6) is -3.21. The Hall–Kier alpha value is -0.350. The van der Waals surface area contributed by atoms with Crippen LogP contribution in [0.5, 0.6) is 0 Å². The fourth-order valence-corrected chi connectivity index (χ4v) is 1.31. The molecule has 0 aliphatic rings. The van der Waals surface area contributed by atoms with Gasteiger partial charge in [-0.1, -0.05) is 0 Å². The molecule has 0 heterocycles. The Balaban J connectivity index is 3.29. The Labute approximate surface area is 69.9 Å². The van der Waals surface area contributed by atoms with Crippen molar-refractivity contribution in [1.82, 2.24) is 0 Å². The lowest BCUT2D eigenvalue weighted by molar-refractivity contribution is 0.468. The van der Waals surface area contributed by atoms with E-state index in [4.69, 9.17) is 10.7 Å². The van der Waals surface area contributed by atoms with Gasteiger partial charge in [0.1, 0.15) is 5.82 Å². The van der Waals surface area contributed by atoms with Gasteiger partial charge in [0.2, 0.25) is 0 Å². The lowest BCUT2D eigenvalue weighted by Gasteiger charge is -1.98. The fraction of sp³-hybridized carbons (Fsp3) is 0. The largest absolute Gasteiger partial charge is 0.206 e. The first-order valence-corrected chi connectivity index (χ1v) is 4.23. The van der Waals surface area contributed by atoms with Gasteiger partial charge in [-0.15, -0.1) is 0 Å². The summed E-state index contributed by atoms with van der Waals surface area (Å²) in [6, 6.07) is 1.53. The Bertz CT molecular complexity index is 277. The van der Waals surface area contributed by atoms with Crippen LogP contribution >= 0.6 is 21.7 Å². The second-order valence-corrected chi connectivity index (χ2v) is 2.77. The Morgan fingerprint density at radius 1 is 1.09 bits per heavy atom. The molecule has 1 rings (SSSR count). The number of rotatable bonds is 1. The highest BCUT2D eigenvalue weighted by Gasteiger charge is 2.12. The summed E-state index contributed by atoms with van der Waals surface area (Å²) in [5, 5.41) is 0. The molecule has 0 bridgehead atoms. The van der Waals surface area contributed by atoms with E-state index in [0.717, 1.165) is 6.07 Å². The minimum absolute atomic E-state index is 0.318. The first-order valence-electron chi connectivity index (χ1n) is 2.59. The molecular weight excluding hydrogens is 197 g/mol. The second kappa shape index (κ2) is 3.36. The van der Waals surface area contributed by atoms with Crippen molar-refractivity contribution in [3.8, 4) is 0 Å². The monoisotopic (exact) mass is 198 g/mol. The molecule has 0 radical (unpaired) electrons. The van der Waals surface area contributed by atoms with E-state index in [-0.39, 0.29) is 0 Å². The van der Waals surface area contributed by atoms with Crippen molar-refractivity contribution in [2.24, 2.45) is 0 Å². The van der Waals surface area contributed by atoms with Gasteiger partial charge in [-0.25, -0.2) is 13.2 Å². The molecule has 0 aromatic heterocycles. The minimum Gasteiger partial charge on any atom is -0.206 e. The third-order valence-electron chi connectivity index (χ3n) is 1.08. The van der Waals surface area contributed by atoms with Crippen LogP contribution in [0, 0.1) is 17.5 Å². The first kappa shape index (κ1) is 8.74. The van der Waals surface area contributed by atoms with E-state index in [1.807, 2.05) is 0 Å². The molecule has 1 aromatic carbocycles. The molecular formula is C6H2ClF3S. The molecule has 0 saturated heterocycles. The van der Waals surface area contributed by atoms with Crippen molar-refractivity contribution in [2.45, 2.75) is 4.90 Å². The Morgan fingerprint density at radius 3 is 2.09 bits per heavy atom. The van der Waals surface area contributed by atoms with E-state index >= 15 is 0 Å². The predicted octanol–water partition coefficient (Wildman–Crippen LogP) is 3.35. The van der Waals surface area contributed by atoms with Crippen molar-refractivity contribution in [3.63, 3.8) is 0 Å². The topological polar surface area (TPSA) is 0 Å². The van der Waals surface area contributed by atoms with Crippen LogP contribution in [-0.2, 0) is 0 Å². The van der Waals surface area contributed by atoms with Gasteiger partial charge in [0, 0.05) is 0 Å². The third-order valence-corrected chi connectivity index (χ3v) is 2.07. The van der Waals surface area contributed by atoms with Crippen LogP contribution in [-0.4, -0.2) is 0 Å². The molecule has 11 heavy (non-hydrogen) atoms. The lowest BCUT2D eigenvalue weighted by Crippen LogP contribution is -1.89. The summed E-state index contributed by atoms with van der Waals surface area (Å²) in [7, 11) is 5.40. The van der Waals surface area contributed by atoms with E-state index in [1.165, 1.54) is 0 Å². The summed E-state index contributed by atoms with van der Waals surface area (Å²) < 4.78 is 37.4. The molecule has 0 saturated carbocycles. The highest BCUT2D eigenvalue weighted by molar-refractivity contribution is 8.21. The van der Waals surface area contributed by atoms with Crippen molar-refractivity contribution < 1.29 is 13.2 Å². The van der Waals surface area contributed by atoms with Crippen LogP contribution in [0.4, 0.5) is 13.2 Å². The van der Waals surface area contributed by atoms with E-state index in [9.17, 15) is 13.2 Å². The van der Waals surface area contributed by atoms with Crippen molar-refractivity contribution in [1.29, 1.82) is 0 Å². The zero-order valence-electron chi connectivity index (χ0n) is 5.07. The predicted molar refractivity (Wildman–Crippen MR) is 38.0 cm³/mol. The summed E-state index contributed by atoms with van der Waals surface area (Å²) in [6.07, 6.45) is 0. The van der Waals surface area contributed by atoms with Crippen LogP contribution in [0.1, 0.15) is 0 Å². The average molecular weight is 199 g/mol. The maximum atomic E-state index is 12.5. The molecule has 0 amide bonds. The van der Waals surface area contributed by atoms with Gasteiger partial charge in [-0.3, -0.25) is 0 Å². The molecule has 0 spiro atoms. The molecule has 0 fully saturated rings. The number of halogens is 4. The Morgan fingerprint density at radius 2 is 1.64 bits per heavy atom. The van der Waals surface area contributed by atoms with Gasteiger partial charge in [0.05, 0.1) is 4.90 Å². The summed E-state index contributed by atoms with van der Waals surface area (Å²) in [4.78, 5) is -0.508. The van der Waals surface area contributed by atoms with Crippen LogP contribution in [0.25, 0.3) is 0 Å². The second-order valence-electron chi connectivity index (χ2n) is 1.75. The van der Waals surface area contributed by atoms with Gasteiger partial charge in [-0.2, -0.15) is 0 Å². The average Bonchev–Trinajstić information content (AvgIpc) is 1.99. The van der Waals surface area contributed by atoms with Gasteiger partial charge < -0.3 is 0 Å². The smallest absolute Gasteiger partial charge is 0.176 e. The summed E-state index contributed by atoms with van der Waals surface area (Å²) in [6.45, 7) is 0. The standard InChI is InChI=1S/C6H2ClF3S/c7-11-6-4(9)2-1-3(8)5(6)10/h1-2H. The maximum Gasteiger partial charge on any atom is 0.176 e. The van der Waals surface area contributed by atoms with E-state index in [0.29, 0.717) is 17.0 Å². The van der Waals surface area contributed by atoms with E-state index in [1.54, 1.807) is 0 Å². The van der Waals surface area contributed by atoms with Crippen LogP contribution in [0.3, 0.4) is 0 Å². The first-order chi connectivity index (χ1) is 5.16. The van der Waals surface area contributed by atoms with Crippen LogP contribution in [0.15, 0.2) is 17.0 Å². The third kappa shape index (κ3) is 1.62. The lowest BCUT2D eigenvalue weighted by atomic mass is 10.3. The van der Waals surface area contributed by atoms with Crippen molar-refractivity contribution in [2.75, 3.05) is 0 Å². The van der Waals surface area contributed by atoms with E-state index in [2.05, 4.69) is 0 Å². The molecule has 60 valence electrons. The van der Waals surface area contributed by atoms with Crippen molar-refractivity contribution >= 4 is 21.7 Å². The molecule has 0 aliphatic heterocycles. The quantitative estimate of drug-likeness (QED) is 0.624. The van der Waals surface area contributed by atoms with Crippen molar-refractivity contribution in [3.05, 3.63) is 29.6 Å². The number of hydrogen-bond donors (Lipinski definition) is 0. The summed E-state index contributed by atoms with van der Waals surface area (Å²) in [5.41, 5.74) is 0.